The number of hydrogen-bond donors (Lipinski definition) is 2. The van der Waals surface area contributed by atoms with Crippen LogP contribution in [0.2, 0.25) is 0 Å². The Balaban J connectivity index is 1.73. The van der Waals surface area contributed by atoms with Crippen molar-refractivity contribution in [2.45, 2.75) is 38.1 Å². The molecule has 0 bridgehead atoms. The lowest BCUT2D eigenvalue weighted by atomic mass is 9.86. The SMILES string of the molecule is CN(CCc1ccc(F)cc1)C(=O)NC1CCC(C(=O)O)CC1. The van der Waals surface area contributed by atoms with Crippen LogP contribution < -0.4 is 5.32 Å². The van der Waals surface area contributed by atoms with Crippen molar-refractivity contribution in [3.8, 4) is 0 Å². The second kappa shape index (κ2) is 7.94. The molecule has 0 aromatic heterocycles. The molecule has 0 atom stereocenters. The number of aliphatic carboxylic acids is 1. The van der Waals surface area contributed by atoms with Crippen molar-refractivity contribution in [1.29, 1.82) is 0 Å². The third-order valence-corrected chi connectivity index (χ3v) is 4.40. The summed E-state index contributed by atoms with van der Waals surface area (Å²) in [4.78, 5) is 24.7. The van der Waals surface area contributed by atoms with Gasteiger partial charge in [0.1, 0.15) is 5.82 Å². The fourth-order valence-electron chi connectivity index (χ4n) is 2.82. The molecule has 1 aliphatic rings. The molecule has 0 spiro atoms. The number of amides is 2. The van der Waals surface area contributed by atoms with E-state index in [-0.39, 0.29) is 23.8 Å². The van der Waals surface area contributed by atoms with E-state index in [1.165, 1.54) is 12.1 Å². The quantitative estimate of drug-likeness (QED) is 0.875. The van der Waals surface area contributed by atoms with Gasteiger partial charge in [0, 0.05) is 19.6 Å². The predicted octanol–water partition coefficient (Wildman–Crippen LogP) is 2.65. The molecule has 1 aliphatic carbocycles. The zero-order valence-corrected chi connectivity index (χ0v) is 13.3. The van der Waals surface area contributed by atoms with Gasteiger partial charge in [-0.15, -0.1) is 0 Å². The second-order valence-electron chi connectivity index (χ2n) is 6.13. The fraction of sp³-hybridized carbons (Fsp3) is 0.529. The van der Waals surface area contributed by atoms with E-state index in [1.54, 1.807) is 24.1 Å². The third-order valence-electron chi connectivity index (χ3n) is 4.40. The minimum atomic E-state index is -0.744. The van der Waals surface area contributed by atoms with Gasteiger partial charge in [0.05, 0.1) is 5.92 Å². The molecule has 1 saturated carbocycles. The zero-order valence-electron chi connectivity index (χ0n) is 13.3. The molecule has 2 N–H and O–H groups in total. The van der Waals surface area contributed by atoms with E-state index >= 15 is 0 Å². The first-order valence-electron chi connectivity index (χ1n) is 7.94. The molecule has 0 unspecified atom stereocenters. The Labute approximate surface area is 135 Å². The molecule has 126 valence electrons. The molecule has 6 heteroatoms. The van der Waals surface area contributed by atoms with E-state index in [0.717, 1.165) is 5.56 Å². The van der Waals surface area contributed by atoms with Crippen molar-refractivity contribution in [3.63, 3.8) is 0 Å². The number of carbonyl (C=O) groups is 2. The van der Waals surface area contributed by atoms with Gasteiger partial charge in [-0.2, -0.15) is 0 Å². The number of carboxylic acid groups (broad SMARTS) is 1. The molecule has 2 amide bonds. The fourth-order valence-corrected chi connectivity index (χ4v) is 2.82. The highest BCUT2D eigenvalue weighted by molar-refractivity contribution is 5.74. The summed E-state index contributed by atoms with van der Waals surface area (Å²) in [5.74, 6) is -1.29. The van der Waals surface area contributed by atoms with Crippen LogP contribution in [-0.4, -0.2) is 41.6 Å². The van der Waals surface area contributed by atoms with E-state index in [1.807, 2.05) is 0 Å². The maximum absolute atomic E-state index is 12.8. The summed E-state index contributed by atoms with van der Waals surface area (Å²) in [5.41, 5.74) is 0.980. The first kappa shape index (κ1) is 17.2. The summed E-state index contributed by atoms with van der Waals surface area (Å²) < 4.78 is 12.8. The first-order chi connectivity index (χ1) is 11.0. The largest absolute Gasteiger partial charge is 0.481 e. The number of halogens is 1. The number of carbonyl (C=O) groups excluding carboxylic acids is 1. The van der Waals surface area contributed by atoms with Gasteiger partial charge in [-0.1, -0.05) is 12.1 Å². The summed E-state index contributed by atoms with van der Waals surface area (Å²) >= 11 is 0. The molecular weight excluding hydrogens is 299 g/mol. The Morgan fingerprint density at radius 1 is 1.22 bits per heavy atom. The standard InChI is InChI=1S/C17H23FN2O3/c1-20(11-10-12-2-6-14(18)7-3-12)17(23)19-15-8-4-13(5-9-15)16(21)22/h2-3,6-7,13,15H,4-5,8-11H2,1H3,(H,19,23)(H,21,22). The van der Waals surface area contributed by atoms with Crippen molar-refractivity contribution < 1.29 is 19.1 Å². The molecule has 1 aromatic rings. The van der Waals surface area contributed by atoms with Crippen molar-refractivity contribution in [1.82, 2.24) is 10.2 Å². The van der Waals surface area contributed by atoms with Gasteiger partial charge in [-0.25, -0.2) is 9.18 Å². The minimum Gasteiger partial charge on any atom is -0.481 e. The average Bonchev–Trinajstić information content (AvgIpc) is 2.54. The Hall–Kier alpha value is -2.11. The smallest absolute Gasteiger partial charge is 0.317 e. The Bertz CT molecular complexity index is 539. The summed E-state index contributed by atoms with van der Waals surface area (Å²) in [6.07, 6.45) is 3.29. The topological polar surface area (TPSA) is 69.6 Å². The number of nitrogens with one attached hydrogen (secondary N) is 1. The van der Waals surface area contributed by atoms with Gasteiger partial charge in [-0.05, 0) is 49.8 Å². The van der Waals surface area contributed by atoms with Gasteiger partial charge in [0.15, 0.2) is 0 Å². The predicted molar refractivity (Wildman–Crippen MR) is 84.6 cm³/mol. The highest BCUT2D eigenvalue weighted by Gasteiger charge is 2.27. The summed E-state index contributed by atoms with van der Waals surface area (Å²) in [6, 6.07) is 6.16. The van der Waals surface area contributed by atoms with E-state index in [0.29, 0.717) is 38.6 Å². The molecule has 0 aliphatic heterocycles. The monoisotopic (exact) mass is 322 g/mol. The highest BCUT2D eigenvalue weighted by atomic mass is 19.1. The van der Waals surface area contributed by atoms with Crippen LogP contribution in [0.3, 0.4) is 0 Å². The van der Waals surface area contributed by atoms with Gasteiger partial charge in [0.2, 0.25) is 0 Å². The van der Waals surface area contributed by atoms with Crippen LogP contribution in [0.5, 0.6) is 0 Å². The molecule has 0 saturated heterocycles. The first-order valence-corrected chi connectivity index (χ1v) is 7.94. The maximum Gasteiger partial charge on any atom is 0.317 e. The Morgan fingerprint density at radius 3 is 2.39 bits per heavy atom. The van der Waals surface area contributed by atoms with Gasteiger partial charge in [-0.3, -0.25) is 4.79 Å². The molecule has 1 aromatic carbocycles. The van der Waals surface area contributed by atoms with Crippen LogP contribution in [0.1, 0.15) is 31.2 Å². The van der Waals surface area contributed by atoms with Crippen LogP contribution in [0.25, 0.3) is 0 Å². The van der Waals surface area contributed by atoms with Crippen LogP contribution in [0.4, 0.5) is 9.18 Å². The van der Waals surface area contributed by atoms with Crippen molar-refractivity contribution in [2.24, 2.45) is 5.92 Å². The third kappa shape index (κ3) is 5.23. The molecule has 5 nitrogen and oxygen atoms in total. The Kier molecular flexibility index (Phi) is 5.96. The van der Waals surface area contributed by atoms with Crippen LogP contribution >= 0.6 is 0 Å². The molecule has 23 heavy (non-hydrogen) atoms. The number of hydrogen-bond acceptors (Lipinski definition) is 2. The van der Waals surface area contributed by atoms with E-state index in [9.17, 15) is 14.0 Å². The van der Waals surface area contributed by atoms with E-state index in [4.69, 9.17) is 5.11 Å². The number of benzene rings is 1. The van der Waals surface area contributed by atoms with Gasteiger partial charge in [0.25, 0.3) is 0 Å². The normalized spacial score (nSPS) is 20.8. The number of nitrogens with zero attached hydrogens (tertiary/aromatic N) is 1. The summed E-state index contributed by atoms with van der Waals surface area (Å²) in [7, 11) is 1.72. The molecule has 0 heterocycles. The molecule has 1 fully saturated rings. The average molecular weight is 322 g/mol. The maximum atomic E-state index is 12.8. The lowest BCUT2D eigenvalue weighted by Crippen LogP contribution is -2.45. The van der Waals surface area contributed by atoms with Crippen molar-refractivity contribution >= 4 is 12.0 Å². The number of urea groups is 1. The zero-order chi connectivity index (χ0) is 16.8. The molecular formula is C17H23FN2O3. The lowest BCUT2D eigenvalue weighted by molar-refractivity contribution is -0.142. The van der Waals surface area contributed by atoms with Gasteiger partial charge >= 0.3 is 12.0 Å². The van der Waals surface area contributed by atoms with Crippen LogP contribution in [0.15, 0.2) is 24.3 Å². The number of rotatable bonds is 5. The van der Waals surface area contributed by atoms with E-state index in [2.05, 4.69) is 5.32 Å². The lowest BCUT2D eigenvalue weighted by Gasteiger charge is -2.28. The molecule has 2 rings (SSSR count). The second-order valence-corrected chi connectivity index (χ2v) is 6.13. The summed E-state index contributed by atoms with van der Waals surface area (Å²) in [6.45, 7) is 0.544. The molecule has 0 radical (unpaired) electrons. The van der Waals surface area contributed by atoms with Crippen molar-refractivity contribution in [3.05, 3.63) is 35.6 Å². The summed E-state index contributed by atoms with van der Waals surface area (Å²) in [5, 5.41) is 11.9. The number of carboxylic acids is 1. The highest BCUT2D eigenvalue weighted by Crippen LogP contribution is 2.24. The van der Waals surface area contributed by atoms with Gasteiger partial charge < -0.3 is 15.3 Å². The Morgan fingerprint density at radius 2 is 1.83 bits per heavy atom. The van der Waals surface area contributed by atoms with Crippen LogP contribution in [0, 0.1) is 11.7 Å². The van der Waals surface area contributed by atoms with E-state index < -0.39 is 5.97 Å². The minimum absolute atomic E-state index is 0.0476. The number of likely N-dealkylation sites (N-methyl/N-ethyl adjacent to an activating group) is 1. The van der Waals surface area contributed by atoms with Crippen molar-refractivity contribution in [2.75, 3.05) is 13.6 Å². The van der Waals surface area contributed by atoms with Crippen LogP contribution in [-0.2, 0) is 11.2 Å².